The zero-order valence-corrected chi connectivity index (χ0v) is 11.5. The third kappa shape index (κ3) is 5.84. The van der Waals surface area contributed by atoms with Gasteiger partial charge in [0.15, 0.2) is 0 Å². The highest BCUT2D eigenvalue weighted by Crippen LogP contribution is 2.18. The lowest BCUT2D eigenvalue weighted by molar-refractivity contribution is -0.122. The number of carbonyl (C=O) groups is 2. The van der Waals surface area contributed by atoms with Crippen LogP contribution in [0.1, 0.15) is 24.8 Å². The van der Waals surface area contributed by atoms with Gasteiger partial charge in [-0.25, -0.2) is 0 Å². The smallest absolute Gasteiger partial charge is 0.234 e. The predicted molar refractivity (Wildman–Crippen MR) is 76.9 cm³/mol. The molecule has 1 aromatic carbocycles. The number of carbonyl (C=O) groups excluding carboxylic acids is 2. The summed E-state index contributed by atoms with van der Waals surface area (Å²) in [7, 11) is 0. The Bertz CT molecular complexity index is 444. The molecule has 1 aromatic rings. The fourth-order valence-corrected chi connectivity index (χ4v) is 1.79. The Labute approximate surface area is 119 Å². The Kier molecular flexibility index (Phi) is 5.55. The van der Waals surface area contributed by atoms with Gasteiger partial charge in [-0.3, -0.25) is 9.59 Å². The van der Waals surface area contributed by atoms with E-state index in [0.717, 1.165) is 18.4 Å². The van der Waals surface area contributed by atoms with Crippen molar-refractivity contribution in [1.29, 1.82) is 0 Å². The highest BCUT2D eigenvalue weighted by Gasteiger charge is 2.22. The highest BCUT2D eigenvalue weighted by atomic mass is 16.2. The molecule has 5 nitrogen and oxygen atoms in total. The number of rotatable bonds is 8. The van der Waals surface area contributed by atoms with Gasteiger partial charge in [0.25, 0.3) is 0 Å². The molecule has 0 saturated heterocycles. The number of benzene rings is 1. The summed E-state index contributed by atoms with van der Waals surface area (Å²) in [5.74, 6) is 0.00106. The number of nitrogens with one attached hydrogen (secondary N) is 3. The second-order valence-electron chi connectivity index (χ2n) is 5.03. The topological polar surface area (TPSA) is 70.2 Å². The van der Waals surface area contributed by atoms with E-state index in [2.05, 4.69) is 16.0 Å². The lowest BCUT2D eigenvalue weighted by Gasteiger charge is -2.07. The quantitative estimate of drug-likeness (QED) is 0.607. The summed E-state index contributed by atoms with van der Waals surface area (Å²) in [6.45, 7) is 1.30. The van der Waals surface area contributed by atoms with Crippen LogP contribution in [0.2, 0.25) is 0 Å². The molecule has 0 aromatic heterocycles. The molecule has 2 rings (SSSR count). The van der Waals surface area contributed by atoms with Gasteiger partial charge in [0.1, 0.15) is 0 Å². The molecule has 5 heteroatoms. The molecule has 0 atom stereocenters. The van der Waals surface area contributed by atoms with Crippen LogP contribution < -0.4 is 16.0 Å². The first-order valence-corrected chi connectivity index (χ1v) is 7.05. The summed E-state index contributed by atoms with van der Waals surface area (Å²) in [6, 6.07) is 10.2. The molecule has 20 heavy (non-hydrogen) atoms. The first kappa shape index (κ1) is 14.5. The van der Waals surface area contributed by atoms with Crippen LogP contribution in [0.3, 0.4) is 0 Å². The summed E-state index contributed by atoms with van der Waals surface area (Å²) in [4.78, 5) is 23.0. The second kappa shape index (κ2) is 7.65. The lowest BCUT2D eigenvalue weighted by atomic mass is 10.2. The van der Waals surface area contributed by atoms with Gasteiger partial charge in [-0.05, 0) is 18.4 Å². The molecule has 1 saturated carbocycles. The van der Waals surface area contributed by atoms with Crippen LogP contribution in [0.4, 0.5) is 0 Å². The first-order chi connectivity index (χ1) is 9.74. The number of hydrogen-bond donors (Lipinski definition) is 3. The molecule has 0 aliphatic heterocycles. The van der Waals surface area contributed by atoms with Gasteiger partial charge >= 0.3 is 0 Å². The Balaban J connectivity index is 1.50. The minimum Gasteiger partial charge on any atom is -0.353 e. The van der Waals surface area contributed by atoms with E-state index in [4.69, 9.17) is 0 Å². The van der Waals surface area contributed by atoms with Crippen LogP contribution in [-0.2, 0) is 16.1 Å². The molecule has 0 unspecified atom stereocenters. The number of amides is 2. The fourth-order valence-electron chi connectivity index (χ4n) is 1.79. The van der Waals surface area contributed by atoms with E-state index in [-0.39, 0.29) is 18.4 Å². The first-order valence-electron chi connectivity index (χ1n) is 7.05. The summed E-state index contributed by atoms with van der Waals surface area (Å²) >= 11 is 0. The van der Waals surface area contributed by atoms with Crippen molar-refractivity contribution < 1.29 is 9.59 Å². The lowest BCUT2D eigenvalue weighted by Crippen LogP contribution is -2.35. The van der Waals surface area contributed by atoms with Gasteiger partial charge in [-0.1, -0.05) is 30.3 Å². The average Bonchev–Trinajstić information content (AvgIpc) is 3.26. The van der Waals surface area contributed by atoms with Crippen molar-refractivity contribution in [2.24, 2.45) is 0 Å². The van der Waals surface area contributed by atoms with Gasteiger partial charge in [-0.15, -0.1) is 0 Å². The van der Waals surface area contributed by atoms with Crippen LogP contribution >= 0.6 is 0 Å². The SMILES string of the molecule is O=C(CNCCC(=O)NC1CC1)NCc1ccccc1. The third-order valence-electron chi connectivity index (χ3n) is 3.09. The molecule has 2 amide bonds. The van der Waals surface area contributed by atoms with Crippen molar-refractivity contribution in [3.63, 3.8) is 0 Å². The average molecular weight is 275 g/mol. The number of hydrogen-bond acceptors (Lipinski definition) is 3. The monoisotopic (exact) mass is 275 g/mol. The summed E-state index contributed by atoms with van der Waals surface area (Å²) in [5.41, 5.74) is 1.07. The standard InChI is InChI=1S/C15H21N3O2/c19-14(18-13-6-7-13)8-9-16-11-15(20)17-10-12-4-2-1-3-5-12/h1-5,13,16H,6-11H2,(H,17,20)(H,18,19). The van der Waals surface area contributed by atoms with E-state index in [1.165, 1.54) is 0 Å². The van der Waals surface area contributed by atoms with Crippen molar-refractivity contribution in [3.8, 4) is 0 Å². The van der Waals surface area contributed by atoms with Gasteiger partial charge < -0.3 is 16.0 Å². The maximum Gasteiger partial charge on any atom is 0.234 e. The third-order valence-corrected chi connectivity index (χ3v) is 3.09. The molecular formula is C15H21N3O2. The van der Waals surface area contributed by atoms with Crippen LogP contribution in [0.15, 0.2) is 30.3 Å². The normalized spacial score (nSPS) is 13.8. The van der Waals surface area contributed by atoms with E-state index in [9.17, 15) is 9.59 Å². The van der Waals surface area contributed by atoms with Gasteiger partial charge in [0.05, 0.1) is 6.54 Å². The maximum atomic E-state index is 11.6. The van der Waals surface area contributed by atoms with Crippen LogP contribution in [0.25, 0.3) is 0 Å². The second-order valence-corrected chi connectivity index (χ2v) is 5.03. The van der Waals surface area contributed by atoms with E-state index in [1.807, 2.05) is 30.3 Å². The van der Waals surface area contributed by atoms with Crippen molar-refractivity contribution in [3.05, 3.63) is 35.9 Å². The van der Waals surface area contributed by atoms with Gasteiger partial charge in [-0.2, -0.15) is 0 Å². The Hall–Kier alpha value is -1.88. The van der Waals surface area contributed by atoms with Crippen LogP contribution in [-0.4, -0.2) is 30.9 Å². The van der Waals surface area contributed by atoms with Gasteiger partial charge in [0, 0.05) is 25.6 Å². The molecule has 108 valence electrons. The minimum absolute atomic E-state index is 0.0588. The molecular weight excluding hydrogens is 254 g/mol. The zero-order chi connectivity index (χ0) is 14.2. The summed E-state index contributed by atoms with van der Waals surface area (Å²) in [6.07, 6.45) is 2.62. The largest absolute Gasteiger partial charge is 0.353 e. The van der Waals surface area contributed by atoms with E-state index in [0.29, 0.717) is 25.6 Å². The summed E-state index contributed by atoms with van der Waals surface area (Å²) in [5, 5.41) is 8.71. The van der Waals surface area contributed by atoms with E-state index < -0.39 is 0 Å². The molecule has 0 radical (unpaired) electrons. The van der Waals surface area contributed by atoms with Crippen molar-refractivity contribution in [1.82, 2.24) is 16.0 Å². The Morgan fingerprint density at radius 3 is 2.55 bits per heavy atom. The molecule has 0 spiro atoms. The molecule has 3 N–H and O–H groups in total. The highest BCUT2D eigenvalue weighted by molar-refractivity contribution is 5.78. The van der Waals surface area contributed by atoms with Crippen molar-refractivity contribution >= 4 is 11.8 Å². The molecule has 1 fully saturated rings. The predicted octanol–water partition coefficient (Wildman–Crippen LogP) is 0.561. The zero-order valence-electron chi connectivity index (χ0n) is 11.5. The molecule has 0 bridgehead atoms. The minimum atomic E-state index is -0.0588. The Morgan fingerprint density at radius 2 is 1.85 bits per heavy atom. The Morgan fingerprint density at radius 1 is 1.10 bits per heavy atom. The van der Waals surface area contributed by atoms with Crippen molar-refractivity contribution in [2.75, 3.05) is 13.1 Å². The van der Waals surface area contributed by atoms with E-state index >= 15 is 0 Å². The molecule has 1 aliphatic rings. The maximum absolute atomic E-state index is 11.6. The summed E-state index contributed by atoms with van der Waals surface area (Å²) < 4.78 is 0. The molecule has 1 aliphatic carbocycles. The fraction of sp³-hybridized carbons (Fsp3) is 0.467. The van der Waals surface area contributed by atoms with Crippen molar-refractivity contribution in [2.45, 2.75) is 31.8 Å². The molecule has 0 heterocycles. The van der Waals surface area contributed by atoms with Gasteiger partial charge in [0.2, 0.25) is 11.8 Å². The van der Waals surface area contributed by atoms with Crippen LogP contribution in [0.5, 0.6) is 0 Å². The van der Waals surface area contributed by atoms with E-state index in [1.54, 1.807) is 0 Å². The van der Waals surface area contributed by atoms with Crippen LogP contribution in [0, 0.1) is 0 Å².